The number of aromatic nitrogens is 1. The lowest BCUT2D eigenvalue weighted by atomic mass is 9.76. The number of nitrogens with one attached hydrogen (secondary N) is 1. The quantitative estimate of drug-likeness (QED) is 0.516. The van der Waals surface area contributed by atoms with E-state index in [2.05, 4.69) is 82.9 Å². The number of carbonyl (C=O) groups is 1. The summed E-state index contributed by atoms with van der Waals surface area (Å²) >= 11 is 1.69. The van der Waals surface area contributed by atoms with Crippen molar-refractivity contribution in [2.24, 2.45) is 5.92 Å². The molecule has 2 aliphatic rings. The summed E-state index contributed by atoms with van der Waals surface area (Å²) in [5, 5.41) is 7.78. The first-order valence-corrected chi connectivity index (χ1v) is 13.7. The van der Waals surface area contributed by atoms with Gasteiger partial charge in [-0.05, 0) is 42.9 Å². The van der Waals surface area contributed by atoms with Crippen LogP contribution in [-0.2, 0) is 9.67 Å². The zero-order valence-corrected chi connectivity index (χ0v) is 21.2. The van der Waals surface area contributed by atoms with Crippen molar-refractivity contribution >= 4 is 17.7 Å². The first-order valence-electron chi connectivity index (χ1n) is 12.7. The van der Waals surface area contributed by atoms with Crippen molar-refractivity contribution in [1.29, 1.82) is 0 Å². The summed E-state index contributed by atoms with van der Waals surface area (Å²) < 4.78 is 0. The molecule has 2 aliphatic heterocycles. The van der Waals surface area contributed by atoms with Gasteiger partial charge in [0, 0.05) is 55.8 Å². The molecular formula is C29H34N4OS. The monoisotopic (exact) mass is 486 g/mol. The molecule has 6 heteroatoms. The normalized spacial score (nSPS) is 21.3. The van der Waals surface area contributed by atoms with E-state index in [0.717, 1.165) is 43.8 Å². The van der Waals surface area contributed by atoms with Gasteiger partial charge in [-0.25, -0.2) is 5.01 Å². The number of pyridine rings is 1. The van der Waals surface area contributed by atoms with E-state index in [0.29, 0.717) is 18.4 Å². The Kier molecular flexibility index (Phi) is 7.51. The van der Waals surface area contributed by atoms with Gasteiger partial charge in [0.05, 0.1) is 0 Å². The fraction of sp³-hybridized carbons (Fsp3) is 0.379. The Morgan fingerprint density at radius 3 is 2.23 bits per heavy atom. The van der Waals surface area contributed by atoms with Crippen LogP contribution < -0.4 is 5.32 Å². The van der Waals surface area contributed by atoms with E-state index >= 15 is 0 Å². The van der Waals surface area contributed by atoms with Crippen molar-refractivity contribution in [3.63, 3.8) is 0 Å². The van der Waals surface area contributed by atoms with Gasteiger partial charge in [0.15, 0.2) is 4.87 Å². The highest BCUT2D eigenvalue weighted by molar-refractivity contribution is 8.01. The molecule has 182 valence electrons. The third-order valence-corrected chi connectivity index (χ3v) is 8.74. The number of hydrazine groups is 1. The van der Waals surface area contributed by atoms with Crippen molar-refractivity contribution in [1.82, 2.24) is 20.3 Å². The Morgan fingerprint density at radius 2 is 1.71 bits per heavy atom. The first-order chi connectivity index (χ1) is 17.2. The van der Waals surface area contributed by atoms with Crippen LogP contribution in [0.5, 0.6) is 0 Å². The Morgan fingerprint density at radius 1 is 1.06 bits per heavy atom. The summed E-state index contributed by atoms with van der Waals surface area (Å²) in [6.45, 7) is 5.33. The molecule has 0 aliphatic carbocycles. The molecular weight excluding hydrogens is 452 g/mol. The molecule has 1 aromatic heterocycles. The minimum absolute atomic E-state index is 0.122. The van der Waals surface area contributed by atoms with E-state index in [9.17, 15) is 4.79 Å². The molecule has 5 rings (SSSR count). The second-order valence-corrected chi connectivity index (χ2v) is 10.6. The van der Waals surface area contributed by atoms with E-state index in [1.165, 1.54) is 11.1 Å². The second kappa shape index (κ2) is 10.9. The number of benzene rings is 2. The predicted octanol–water partition coefficient (Wildman–Crippen LogP) is 4.88. The van der Waals surface area contributed by atoms with Crippen molar-refractivity contribution < 1.29 is 4.79 Å². The zero-order valence-electron chi connectivity index (χ0n) is 20.3. The van der Waals surface area contributed by atoms with Crippen molar-refractivity contribution in [2.45, 2.75) is 30.6 Å². The highest BCUT2D eigenvalue weighted by Gasteiger charge is 2.47. The second-order valence-electron chi connectivity index (χ2n) is 9.31. The van der Waals surface area contributed by atoms with Gasteiger partial charge >= 0.3 is 0 Å². The summed E-state index contributed by atoms with van der Waals surface area (Å²) in [5.41, 5.74) is 3.69. The molecule has 1 unspecified atom stereocenters. The van der Waals surface area contributed by atoms with Gasteiger partial charge in [-0.15, -0.1) is 11.8 Å². The van der Waals surface area contributed by atoms with Crippen LogP contribution in [-0.4, -0.2) is 52.8 Å². The standard InChI is InChI=1S/C29H34N4OS/c1-2-33(28(34)29(31-18-21-35-29)26-14-9-17-30-22-26)32-19-15-25(16-20-32)27(23-10-5-3-6-11-23)24-12-7-4-8-13-24/h3-14,17,22,25,27,31H,2,15-16,18-21H2,1H3. The molecule has 5 nitrogen and oxygen atoms in total. The highest BCUT2D eigenvalue weighted by Crippen LogP contribution is 2.41. The topological polar surface area (TPSA) is 48.5 Å². The van der Waals surface area contributed by atoms with Crippen LogP contribution in [0.4, 0.5) is 0 Å². The number of carbonyl (C=O) groups excluding carboxylic acids is 1. The molecule has 35 heavy (non-hydrogen) atoms. The van der Waals surface area contributed by atoms with Crippen LogP contribution in [0, 0.1) is 5.92 Å². The Bertz CT molecular complexity index is 1040. The van der Waals surface area contributed by atoms with Gasteiger partial charge in [0.2, 0.25) is 0 Å². The fourth-order valence-corrected chi connectivity index (χ4v) is 6.90. The third-order valence-electron chi connectivity index (χ3n) is 7.34. The van der Waals surface area contributed by atoms with E-state index in [4.69, 9.17) is 0 Å². The lowest BCUT2D eigenvalue weighted by molar-refractivity contribution is -0.155. The summed E-state index contributed by atoms with van der Waals surface area (Å²) in [7, 11) is 0. The lowest BCUT2D eigenvalue weighted by Gasteiger charge is -2.44. The van der Waals surface area contributed by atoms with Crippen LogP contribution >= 0.6 is 11.8 Å². The number of hydrogen-bond donors (Lipinski definition) is 1. The van der Waals surface area contributed by atoms with E-state index in [1.807, 2.05) is 23.3 Å². The first kappa shape index (κ1) is 24.0. The average molecular weight is 487 g/mol. The highest BCUT2D eigenvalue weighted by atomic mass is 32.2. The molecule has 3 heterocycles. The largest absolute Gasteiger partial charge is 0.290 e. The zero-order chi connectivity index (χ0) is 24.1. The Labute approximate surface area is 212 Å². The van der Waals surface area contributed by atoms with Gasteiger partial charge in [-0.1, -0.05) is 66.7 Å². The number of likely N-dealkylation sites (N-methyl/N-ethyl adjacent to an activating group) is 1. The van der Waals surface area contributed by atoms with Gasteiger partial charge < -0.3 is 0 Å². The fourth-order valence-electron chi connectivity index (χ4n) is 5.67. The molecule has 2 aromatic carbocycles. The molecule has 2 saturated heterocycles. The Hall–Kier alpha value is -2.67. The van der Waals surface area contributed by atoms with E-state index < -0.39 is 4.87 Å². The summed E-state index contributed by atoms with van der Waals surface area (Å²) in [6, 6.07) is 25.7. The van der Waals surface area contributed by atoms with Gasteiger partial charge in [-0.3, -0.25) is 20.1 Å². The van der Waals surface area contributed by atoms with Crippen LogP contribution in [0.15, 0.2) is 85.2 Å². The number of nitrogens with zero attached hydrogens (tertiary/aromatic N) is 3. The van der Waals surface area contributed by atoms with Gasteiger partial charge in [-0.2, -0.15) is 0 Å². The Balaban J connectivity index is 1.34. The van der Waals surface area contributed by atoms with Crippen LogP contribution in [0.25, 0.3) is 0 Å². The van der Waals surface area contributed by atoms with Crippen molar-refractivity contribution in [2.75, 3.05) is 31.9 Å². The minimum Gasteiger partial charge on any atom is -0.290 e. The molecule has 0 radical (unpaired) electrons. The molecule has 3 aromatic rings. The van der Waals surface area contributed by atoms with Crippen LogP contribution in [0.1, 0.15) is 42.4 Å². The smallest absolute Gasteiger partial charge is 0.272 e. The predicted molar refractivity (Wildman–Crippen MR) is 143 cm³/mol. The molecule has 0 spiro atoms. The number of piperidine rings is 1. The van der Waals surface area contributed by atoms with Gasteiger partial charge in [0.1, 0.15) is 0 Å². The SMILES string of the molecule is CCN(C(=O)C1(c2cccnc2)NCCS1)N1CCC(C(c2ccccc2)c2ccccc2)CC1. The maximum atomic E-state index is 14.0. The molecule has 1 atom stereocenters. The van der Waals surface area contributed by atoms with Gasteiger partial charge in [0.25, 0.3) is 5.91 Å². The van der Waals surface area contributed by atoms with Crippen LogP contribution in [0.3, 0.4) is 0 Å². The molecule has 0 saturated carbocycles. The van der Waals surface area contributed by atoms with E-state index in [1.54, 1.807) is 18.0 Å². The summed E-state index contributed by atoms with van der Waals surface area (Å²) in [4.78, 5) is 17.6. The summed E-state index contributed by atoms with van der Waals surface area (Å²) in [6.07, 6.45) is 5.70. The molecule has 2 fully saturated rings. The maximum absolute atomic E-state index is 14.0. The third kappa shape index (κ3) is 4.88. The van der Waals surface area contributed by atoms with Crippen molar-refractivity contribution in [3.8, 4) is 0 Å². The van der Waals surface area contributed by atoms with Crippen LogP contribution in [0.2, 0.25) is 0 Å². The lowest BCUT2D eigenvalue weighted by Crippen LogP contribution is -2.58. The average Bonchev–Trinajstić information content (AvgIpc) is 3.43. The number of hydrogen-bond acceptors (Lipinski definition) is 5. The number of rotatable bonds is 7. The molecule has 1 amide bonds. The maximum Gasteiger partial charge on any atom is 0.272 e. The number of amides is 1. The minimum atomic E-state index is -0.752. The molecule has 0 bridgehead atoms. The van der Waals surface area contributed by atoms with Crippen molar-refractivity contribution in [3.05, 3.63) is 102 Å². The molecule has 1 N–H and O–H groups in total. The number of thioether (sulfide) groups is 1. The van der Waals surface area contributed by atoms with E-state index in [-0.39, 0.29) is 5.91 Å². The summed E-state index contributed by atoms with van der Waals surface area (Å²) in [5.74, 6) is 1.95.